The SMILES string of the molecule is CC(=O)N[C@@H](CCN)C(=O)N(C)[C@@H]1C(=O)N[C@@H](C)C(=O)N[C@H](C(=O)NCC#N)Cc2ccc(OCCN)c(c2)-c2cc1ccc2OCCN. The number of hydrogen-bond acceptors (Lipinski definition) is 11. The van der Waals surface area contributed by atoms with E-state index in [0.29, 0.717) is 33.8 Å². The Labute approximate surface area is 285 Å². The second-order valence-corrected chi connectivity index (χ2v) is 11.4. The van der Waals surface area contributed by atoms with Crippen LogP contribution in [0.5, 0.6) is 11.5 Å². The number of fused-ring (bicyclic) bond motifs is 5. The van der Waals surface area contributed by atoms with Crippen molar-refractivity contribution in [2.45, 2.75) is 50.9 Å². The minimum Gasteiger partial charge on any atom is -0.492 e. The quantitative estimate of drug-likeness (QED) is 0.121. The van der Waals surface area contributed by atoms with Crippen LogP contribution in [0.25, 0.3) is 11.1 Å². The van der Waals surface area contributed by atoms with Crippen molar-refractivity contribution >= 4 is 29.5 Å². The molecule has 4 atom stereocenters. The zero-order valence-electron chi connectivity index (χ0n) is 27.9. The number of nitriles is 1. The molecule has 49 heavy (non-hydrogen) atoms. The molecular formula is C33H45N9O7. The lowest BCUT2D eigenvalue weighted by Crippen LogP contribution is -2.56. The number of amides is 5. The maximum atomic E-state index is 14.1. The molecule has 0 spiro atoms. The number of likely N-dealkylation sites (N-methyl/N-ethyl adjacent to an activating group) is 1. The molecule has 16 nitrogen and oxygen atoms in total. The molecular weight excluding hydrogens is 634 g/mol. The van der Waals surface area contributed by atoms with Crippen LogP contribution in [-0.2, 0) is 30.4 Å². The zero-order valence-corrected chi connectivity index (χ0v) is 27.9. The number of nitrogens with zero attached hydrogens (tertiary/aromatic N) is 2. The van der Waals surface area contributed by atoms with Crippen LogP contribution in [0.4, 0.5) is 0 Å². The lowest BCUT2D eigenvalue weighted by Gasteiger charge is -2.32. The topological polar surface area (TPSA) is 257 Å². The number of carbonyl (C=O) groups excluding carboxylic acids is 5. The molecule has 1 aliphatic rings. The van der Waals surface area contributed by atoms with Gasteiger partial charge in [-0.2, -0.15) is 5.26 Å². The number of ether oxygens (including phenoxy) is 2. The van der Waals surface area contributed by atoms with Crippen LogP contribution < -0.4 is 47.9 Å². The van der Waals surface area contributed by atoms with Gasteiger partial charge in [-0.05, 0) is 55.3 Å². The zero-order chi connectivity index (χ0) is 36.1. The van der Waals surface area contributed by atoms with Gasteiger partial charge in [-0.15, -0.1) is 0 Å². The van der Waals surface area contributed by atoms with Crippen molar-refractivity contribution in [2.24, 2.45) is 17.2 Å². The van der Waals surface area contributed by atoms with Crippen LogP contribution in [0.15, 0.2) is 36.4 Å². The van der Waals surface area contributed by atoms with Gasteiger partial charge in [0.2, 0.25) is 29.5 Å². The summed E-state index contributed by atoms with van der Waals surface area (Å²) in [5.41, 5.74) is 19.2. The summed E-state index contributed by atoms with van der Waals surface area (Å²) in [4.78, 5) is 67.6. The Hall–Kier alpha value is -5.24. The van der Waals surface area contributed by atoms with Gasteiger partial charge >= 0.3 is 0 Å². The van der Waals surface area contributed by atoms with Crippen LogP contribution in [0.2, 0.25) is 0 Å². The molecule has 0 aromatic heterocycles. The van der Waals surface area contributed by atoms with Crippen molar-refractivity contribution in [2.75, 3.05) is 46.4 Å². The van der Waals surface area contributed by atoms with Gasteiger partial charge in [0.1, 0.15) is 55.4 Å². The Morgan fingerprint density at radius 2 is 1.61 bits per heavy atom. The monoisotopic (exact) mass is 679 g/mol. The van der Waals surface area contributed by atoms with Crippen molar-refractivity contribution < 1.29 is 33.4 Å². The van der Waals surface area contributed by atoms with Crippen molar-refractivity contribution in [1.29, 1.82) is 5.26 Å². The molecule has 0 fully saturated rings. The first-order chi connectivity index (χ1) is 23.4. The minimum atomic E-state index is -1.31. The molecule has 264 valence electrons. The Kier molecular flexibility index (Phi) is 14.3. The summed E-state index contributed by atoms with van der Waals surface area (Å²) in [6.45, 7) is 3.27. The largest absolute Gasteiger partial charge is 0.492 e. The smallest absolute Gasteiger partial charge is 0.248 e. The highest BCUT2D eigenvalue weighted by Crippen LogP contribution is 2.40. The van der Waals surface area contributed by atoms with Crippen LogP contribution in [0, 0.1) is 11.3 Å². The molecule has 2 aromatic carbocycles. The first-order valence-electron chi connectivity index (χ1n) is 15.9. The highest BCUT2D eigenvalue weighted by molar-refractivity contribution is 5.96. The van der Waals surface area contributed by atoms with Gasteiger partial charge in [-0.1, -0.05) is 12.1 Å². The predicted molar refractivity (Wildman–Crippen MR) is 180 cm³/mol. The lowest BCUT2D eigenvalue weighted by molar-refractivity contribution is -0.142. The highest BCUT2D eigenvalue weighted by Gasteiger charge is 2.35. The molecule has 3 rings (SSSR count). The standard InChI is InChI=1S/C33H45N9O7/c1-19-30(44)41-26(31(45)38-13-10-35)17-21-4-6-27(48-14-11-36)23(16-21)24-18-22(5-7-28(24)49-15-12-37)29(32(46)39-19)42(3)33(47)25(8-9-34)40-20(2)43/h4-7,16,18-19,25-26,29H,8-9,11-15,17,34,36-37H2,1-3H3,(H,38,45)(H,39,46)(H,40,43)(H,41,44)/t19-,25-,26-,29-/m0/s1. The van der Waals surface area contributed by atoms with Gasteiger partial charge in [0.15, 0.2) is 0 Å². The minimum absolute atomic E-state index is 0.0259. The number of carbonyl (C=O) groups is 5. The molecule has 1 aliphatic heterocycles. The second-order valence-electron chi connectivity index (χ2n) is 11.4. The Bertz CT molecular complexity index is 1560. The number of rotatable bonds is 13. The summed E-state index contributed by atoms with van der Waals surface area (Å²) < 4.78 is 12.0. The second kappa shape index (κ2) is 18.3. The summed E-state index contributed by atoms with van der Waals surface area (Å²) in [5.74, 6) is -2.23. The summed E-state index contributed by atoms with van der Waals surface area (Å²) in [6.07, 6.45) is 0.134. The number of nitrogens with one attached hydrogen (secondary N) is 4. The average molecular weight is 680 g/mol. The molecule has 0 saturated heterocycles. The molecule has 0 aliphatic carbocycles. The molecule has 5 amide bonds. The van der Waals surface area contributed by atoms with Crippen LogP contribution in [0.1, 0.15) is 37.4 Å². The van der Waals surface area contributed by atoms with Crippen molar-refractivity contribution in [3.63, 3.8) is 0 Å². The normalized spacial score (nSPS) is 18.0. The predicted octanol–water partition coefficient (Wildman–Crippen LogP) is -1.43. The summed E-state index contributed by atoms with van der Waals surface area (Å²) in [5, 5.41) is 19.4. The summed E-state index contributed by atoms with van der Waals surface area (Å²) >= 11 is 0. The number of hydrogen-bond donors (Lipinski definition) is 7. The van der Waals surface area contributed by atoms with Gasteiger partial charge in [0.05, 0.1) is 6.07 Å². The third kappa shape index (κ3) is 10.1. The van der Waals surface area contributed by atoms with Gasteiger partial charge in [0.25, 0.3) is 0 Å². The third-order valence-electron chi connectivity index (χ3n) is 7.69. The van der Waals surface area contributed by atoms with E-state index in [0.717, 1.165) is 0 Å². The average Bonchev–Trinajstić information content (AvgIpc) is 3.07. The molecule has 16 heteroatoms. The van der Waals surface area contributed by atoms with E-state index in [1.165, 1.54) is 25.8 Å². The lowest BCUT2D eigenvalue weighted by atomic mass is 9.93. The highest BCUT2D eigenvalue weighted by atomic mass is 16.5. The van der Waals surface area contributed by atoms with E-state index in [1.54, 1.807) is 36.4 Å². The van der Waals surface area contributed by atoms with Gasteiger partial charge < -0.3 is 52.8 Å². The molecule has 1 heterocycles. The van der Waals surface area contributed by atoms with E-state index in [9.17, 15) is 24.0 Å². The fraction of sp³-hybridized carbons (Fsp3) is 0.455. The van der Waals surface area contributed by atoms with Gasteiger partial charge in [0, 0.05) is 44.6 Å². The van der Waals surface area contributed by atoms with Crippen LogP contribution in [0.3, 0.4) is 0 Å². The molecule has 10 N–H and O–H groups in total. The summed E-state index contributed by atoms with van der Waals surface area (Å²) in [7, 11) is 1.41. The van der Waals surface area contributed by atoms with E-state index in [1.807, 2.05) is 6.07 Å². The van der Waals surface area contributed by atoms with Crippen molar-refractivity contribution in [3.05, 3.63) is 47.5 Å². The van der Waals surface area contributed by atoms with Crippen molar-refractivity contribution in [1.82, 2.24) is 26.2 Å². The van der Waals surface area contributed by atoms with E-state index in [-0.39, 0.29) is 52.2 Å². The molecule has 0 saturated carbocycles. The van der Waals surface area contributed by atoms with E-state index >= 15 is 0 Å². The molecule has 0 radical (unpaired) electrons. The van der Waals surface area contributed by atoms with Crippen LogP contribution >= 0.6 is 0 Å². The Morgan fingerprint density at radius 3 is 2.20 bits per heavy atom. The number of nitrogens with two attached hydrogens (primary N) is 3. The van der Waals surface area contributed by atoms with E-state index in [4.69, 9.17) is 31.9 Å². The number of benzene rings is 2. The Balaban J connectivity index is 2.31. The van der Waals surface area contributed by atoms with Gasteiger partial charge in [-0.3, -0.25) is 24.0 Å². The Morgan fingerprint density at radius 1 is 0.980 bits per heavy atom. The van der Waals surface area contributed by atoms with Crippen LogP contribution in [-0.4, -0.2) is 99.0 Å². The first kappa shape index (κ1) is 38.2. The first-order valence-corrected chi connectivity index (χ1v) is 15.9. The molecule has 2 aromatic rings. The fourth-order valence-corrected chi connectivity index (χ4v) is 5.37. The third-order valence-corrected chi connectivity index (χ3v) is 7.69. The maximum absolute atomic E-state index is 14.1. The van der Waals surface area contributed by atoms with Gasteiger partial charge in [-0.25, -0.2) is 0 Å². The van der Waals surface area contributed by atoms with Crippen molar-refractivity contribution in [3.8, 4) is 28.7 Å². The molecule has 0 unspecified atom stereocenters. The maximum Gasteiger partial charge on any atom is 0.248 e. The summed E-state index contributed by atoms with van der Waals surface area (Å²) in [6, 6.07) is 7.37. The fourth-order valence-electron chi connectivity index (χ4n) is 5.37. The molecule has 4 bridgehead atoms. The van der Waals surface area contributed by atoms with E-state index in [2.05, 4.69) is 21.3 Å². The van der Waals surface area contributed by atoms with E-state index < -0.39 is 53.7 Å².